The molecule has 1 atom stereocenters. The van der Waals surface area contributed by atoms with Gasteiger partial charge in [0.1, 0.15) is 4.90 Å². The Morgan fingerprint density at radius 2 is 1.60 bits per heavy atom. The fraction of sp³-hybridized carbons (Fsp3) is 0.125. The highest BCUT2D eigenvalue weighted by atomic mass is 35.5. The predicted octanol–water partition coefficient (Wildman–Crippen LogP) is 2.69. The van der Waals surface area contributed by atoms with Crippen LogP contribution in [0.1, 0.15) is 17.9 Å². The van der Waals surface area contributed by atoms with Crippen molar-refractivity contribution in [3.05, 3.63) is 58.1 Å². The van der Waals surface area contributed by atoms with Gasteiger partial charge in [0.25, 0.3) is 0 Å². The molecule has 2 aromatic carbocycles. The van der Waals surface area contributed by atoms with Gasteiger partial charge in [-0.1, -0.05) is 53.5 Å². The second kappa shape index (κ2) is 6.42. The minimum atomic E-state index is -4.14. The lowest BCUT2D eigenvalue weighted by atomic mass is 9.98. The number of primary sulfonamides is 1. The number of anilines is 1. The normalized spacial score (nSPS) is 18.0. The molecule has 3 rings (SSSR count). The van der Waals surface area contributed by atoms with E-state index in [-0.39, 0.29) is 22.2 Å². The smallest absolute Gasteiger partial charge is 0.241 e. The summed E-state index contributed by atoms with van der Waals surface area (Å²) in [6.45, 7) is 0. The number of amides is 2. The first-order valence-corrected chi connectivity index (χ1v) is 9.44. The van der Waals surface area contributed by atoms with Crippen LogP contribution in [0.15, 0.2) is 47.4 Å². The molecule has 2 amide bonds. The quantitative estimate of drug-likeness (QED) is 0.803. The van der Waals surface area contributed by atoms with Crippen LogP contribution >= 0.6 is 23.2 Å². The highest BCUT2D eigenvalue weighted by molar-refractivity contribution is 7.89. The zero-order valence-electron chi connectivity index (χ0n) is 12.6. The van der Waals surface area contributed by atoms with Crippen molar-refractivity contribution in [1.82, 2.24) is 0 Å². The number of carbonyl (C=O) groups excluding carboxylic acids is 2. The van der Waals surface area contributed by atoms with Crippen LogP contribution in [0.3, 0.4) is 0 Å². The van der Waals surface area contributed by atoms with Gasteiger partial charge in [-0.2, -0.15) is 0 Å². The molecule has 0 aromatic heterocycles. The Labute approximate surface area is 154 Å². The number of carbonyl (C=O) groups is 2. The van der Waals surface area contributed by atoms with Crippen LogP contribution in [0.5, 0.6) is 0 Å². The van der Waals surface area contributed by atoms with E-state index in [9.17, 15) is 18.0 Å². The first-order chi connectivity index (χ1) is 11.7. The third kappa shape index (κ3) is 3.28. The van der Waals surface area contributed by atoms with Crippen molar-refractivity contribution in [2.75, 3.05) is 4.90 Å². The molecule has 1 aliphatic rings. The fourth-order valence-corrected chi connectivity index (χ4v) is 4.58. The average molecular weight is 399 g/mol. The second-order valence-electron chi connectivity index (χ2n) is 5.52. The van der Waals surface area contributed by atoms with Gasteiger partial charge in [0.05, 0.1) is 21.7 Å². The standard InChI is InChI=1S/C16H12Cl2N2O4S/c17-12-6-10(7-13(18)15(12)25(19,23)24)20-14(21)8-11(16(20)22)9-4-2-1-3-5-9/h1-7,11H,8H2,(H2,19,23,24). The van der Waals surface area contributed by atoms with Crippen molar-refractivity contribution in [1.29, 1.82) is 0 Å². The molecule has 130 valence electrons. The molecule has 0 aliphatic carbocycles. The van der Waals surface area contributed by atoms with Crippen LogP contribution in [-0.4, -0.2) is 20.2 Å². The van der Waals surface area contributed by atoms with Gasteiger partial charge >= 0.3 is 0 Å². The number of rotatable bonds is 3. The van der Waals surface area contributed by atoms with Gasteiger partial charge in [0, 0.05) is 6.42 Å². The maximum atomic E-state index is 12.7. The Bertz CT molecular complexity index is 954. The second-order valence-corrected chi connectivity index (χ2v) is 7.83. The lowest BCUT2D eigenvalue weighted by Gasteiger charge is -2.17. The zero-order valence-corrected chi connectivity index (χ0v) is 15.0. The monoisotopic (exact) mass is 398 g/mol. The molecular formula is C16H12Cl2N2O4S. The van der Waals surface area contributed by atoms with Crippen molar-refractivity contribution >= 4 is 50.7 Å². The van der Waals surface area contributed by atoms with E-state index in [1.165, 1.54) is 12.1 Å². The summed E-state index contributed by atoms with van der Waals surface area (Å²) in [6, 6.07) is 11.3. The summed E-state index contributed by atoms with van der Waals surface area (Å²) in [5.41, 5.74) is 0.831. The van der Waals surface area contributed by atoms with Gasteiger partial charge in [-0.25, -0.2) is 18.5 Å². The lowest BCUT2D eigenvalue weighted by Crippen LogP contribution is -2.30. The number of halogens is 2. The fourth-order valence-electron chi connectivity index (χ4n) is 2.80. The number of nitrogens with zero attached hydrogens (tertiary/aromatic N) is 1. The largest absolute Gasteiger partial charge is 0.274 e. The first-order valence-electron chi connectivity index (χ1n) is 7.13. The molecule has 6 nitrogen and oxygen atoms in total. The summed E-state index contributed by atoms with van der Waals surface area (Å²) >= 11 is 11.9. The van der Waals surface area contributed by atoms with Gasteiger partial charge in [-0.3, -0.25) is 9.59 Å². The number of imide groups is 1. The Morgan fingerprint density at radius 1 is 1.04 bits per heavy atom. The van der Waals surface area contributed by atoms with Crippen LogP contribution in [0, 0.1) is 0 Å². The summed E-state index contributed by atoms with van der Waals surface area (Å²) < 4.78 is 23.1. The van der Waals surface area contributed by atoms with E-state index in [1.807, 2.05) is 6.07 Å². The number of hydrogen-bond acceptors (Lipinski definition) is 4. The molecule has 1 heterocycles. The van der Waals surface area contributed by atoms with Crippen LogP contribution in [0.2, 0.25) is 10.0 Å². The molecule has 9 heteroatoms. The summed E-state index contributed by atoms with van der Waals surface area (Å²) in [4.78, 5) is 25.6. The number of nitrogens with two attached hydrogens (primary N) is 1. The van der Waals surface area contributed by atoms with Crippen LogP contribution in [0.25, 0.3) is 0 Å². The Kier molecular flexibility index (Phi) is 4.59. The maximum absolute atomic E-state index is 12.7. The summed E-state index contributed by atoms with van der Waals surface area (Å²) in [7, 11) is -4.14. The van der Waals surface area contributed by atoms with E-state index in [4.69, 9.17) is 28.3 Å². The SMILES string of the molecule is NS(=O)(=O)c1c(Cl)cc(N2C(=O)CC(c3ccccc3)C2=O)cc1Cl. The van der Waals surface area contributed by atoms with Crippen molar-refractivity contribution in [2.24, 2.45) is 5.14 Å². The summed E-state index contributed by atoms with van der Waals surface area (Å²) in [6.07, 6.45) is 0.00895. The highest BCUT2D eigenvalue weighted by Crippen LogP contribution is 2.38. The molecule has 25 heavy (non-hydrogen) atoms. The van der Waals surface area contributed by atoms with Crippen molar-refractivity contribution in [3.8, 4) is 0 Å². The molecule has 0 saturated carbocycles. The maximum Gasteiger partial charge on any atom is 0.241 e. The molecule has 0 radical (unpaired) electrons. The molecule has 1 aliphatic heterocycles. The van der Waals surface area contributed by atoms with Crippen LogP contribution in [0.4, 0.5) is 5.69 Å². The Hall–Kier alpha value is -1.93. The van der Waals surface area contributed by atoms with E-state index < -0.39 is 32.7 Å². The lowest BCUT2D eigenvalue weighted by molar-refractivity contribution is -0.121. The summed E-state index contributed by atoms with van der Waals surface area (Å²) in [5, 5.41) is 4.56. The van der Waals surface area contributed by atoms with E-state index in [2.05, 4.69) is 0 Å². The minimum Gasteiger partial charge on any atom is -0.274 e. The topological polar surface area (TPSA) is 97.5 Å². The third-order valence-electron chi connectivity index (χ3n) is 3.87. The molecule has 2 aromatic rings. The Balaban J connectivity index is 2.03. The van der Waals surface area contributed by atoms with Crippen molar-refractivity contribution in [2.45, 2.75) is 17.2 Å². The van der Waals surface area contributed by atoms with E-state index in [1.54, 1.807) is 24.3 Å². The Morgan fingerprint density at radius 3 is 2.12 bits per heavy atom. The molecule has 1 saturated heterocycles. The first kappa shape index (κ1) is 17.9. The van der Waals surface area contributed by atoms with Crippen molar-refractivity contribution < 1.29 is 18.0 Å². The molecule has 2 N–H and O–H groups in total. The number of hydrogen-bond donors (Lipinski definition) is 1. The van der Waals surface area contributed by atoms with Crippen LogP contribution in [-0.2, 0) is 19.6 Å². The minimum absolute atomic E-state index is 0.00895. The van der Waals surface area contributed by atoms with Gasteiger partial charge in [0.15, 0.2) is 0 Å². The highest BCUT2D eigenvalue weighted by Gasteiger charge is 2.40. The molecule has 0 spiro atoms. The molecule has 0 bridgehead atoms. The zero-order chi connectivity index (χ0) is 18.4. The third-order valence-corrected chi connectivity index (χ3v) is 5.70. The van der Waals surface area contributed by atoms with Gasteiger partial charge in [0.2, 0.25) is 21.8 Å². The summed E-state index contributed by atoms with van der Waals surface area (Å²) in [5.74, 6) is -1.45. The number of benzene rings is 2. The van der Waals surface area contributed by atoms with Crippen LogP contribution < -0.4 is 10.0 Å². The van der Waals surface area contributed by atoms with E-state index in [0.717, 1.165) is 10.5 Å². The molecule has 1 unspecified atom stereocenters. The average Bonchev–Trinajstić information content (AvgIpc) is 2.80. The van der Waals surface area contributed by atoms with Gasteiger partial charge < -0.3 is 0 Å². The van der Waals surface area contributed by atoms with E-state index >= 15 is 0 Å². The van der Waals surface area contributed by atoms with Crippen molar-refractivity contribution in [3.63, 3.8) is 0 Å². The van der Waals surface area contributed by atoms with E-state index in [0.29, 0.717) is 0 Å². The molecule has 1 fully saturated rings. The van der Waals surface area contributed by atoms with Gasteiger partial charge in [-0.05, 0) is 17.7 Å². The van der Waals surface area contributed by atoms with Gasteiger partial charge in [-0.15, -0.1) is 0 Å². The predicted molar refractivity (Wildman–Crippen MR) is 94.1 cm³/mol. The molecular weight excluding hydrogens is 387 g/mol. The number of sulfonamides is 1.